The molecule has 0 unspecified atom stereocenters. The van der Waals surface area contributed by atoms with E-state index in [1.165, 1.54) is 23.0 Å². The van der Waals surface area contributed by atoms with E-state index in [0.717, 1.165) is 19.3 Å². The average Bonchev–Trinajstić information content (AvgIpc) is 3.04. The molecule has 0 spiro atoms. The number of aromatic amines is 1. The zero-order valence-corrected chi connectivity index (χ0v) is 15.4. The number of rotatable bonds is 5. The molecule has 9 heteroatoms. The van der Waals surface area contributed by atoms with Gasteiger partial charge in [0.1, 0.15) is 5.54 Å². The molecule has 0 bridgehead atoms. The lowest BCUT2D eigenvalue weighted by molar-refractivity contribution is -0.146. The molecule has 0 saturated heterocycles. The maximum Gasteiger partial charge on any atom is 0.329 e. The second-order valence-corrected chi connectivity index (χ2v) is 7.03. The molecule has 144 valence electrons. The summed E-state index contributed by atoms with van der Waals surface area (Å²) in [5, 5.41) is 22.8. The van der Waals surface area contributed by atoms with Gasteiger partial charge in [-0.05, 0) is 44.6 Å². The third-order valence-corrected chi connectivity index (χ3v) is 5.43. The van der Waals surface area contributed by atoms with Crippen LogP contribution in [-0.4, -0.2) is 42.5 Å². The molecule has 0 atom stereocenters. The van der Waals surface area contributed by atoms with Crippen molar-refractivity contribution in [2.75, 3.05) is 0 Å². The van der Waals surface area contributed by atoms with E-state index in [-0.39, 0.29) is 11.1 Å². The summed E-state index contributed by atoms with van der Waals surface area (Å²) in [6.45, 7) is 3.79. The molecule has 2 heterocycles. The second kappa shape index (κ2) is 7.34. The minimum Gasteiger partial charge on any atom is -0.480 e. The number of carboxylic acids is 1. The summed E-state index contributed by atoms with van der Waals surface area (Å²) in [5.74, 6) is -0.606. The number of nitrogens with zero attached hydrogens (tertiary/aromatic N) is 3. The van der Waals surface area contributed by atoms with Crippen LogP contribution in [0, 0.1) is 12.8 Å². The zero-order valence-electron chi connectivity index (χ0n) is 15.4. The summed E-state index contributed by atoms with van der Waals surface area (Å²) in [6, 6.07) is 2.81. The molecule has 1 aliphatic carbocycles. The summed E-state index contributed by atoms with van der Waals surface area (Å²) in [6.07, 6.45) is 4.79. The molecule has 3 N–H and O–H groups in total. The normalized spacial score (nSPS) is 22.4. The molecule has 3 rings (SSSR count). The van der Waals surface area contributed by atoms with Crippen molar-refractivity contribution in [1.82, 2.24) is 25.3 Å². The molecular weight excluding hydrogens is 350 g/mol. The summed E-state index contributed by atoms with van der Waals surface area (Å²) in [7, 11) is 0. The monoisotopic (exact) mass is 373 g/mol. The molecule has 1 aliphatic rings. The molecule has 9 nitrogen and oxygen atoms in total. The van der Waals surface area contributed by atoms with Gasteiger partial charge < -0.3 is 10.4 Å². The van der Waals surface area contributed by atoms with E-state index in [1.807, 2.05) is 0 Å². The van der Waals surface area contributed by atoms with Crippen molar-refractivity contribution in [2.24, 2.45) is 5.92 Å². The Morgan fingerprint density at radius 1 is 1.37 bits per heavy atom. The largest absolute Gasteiger partial charge is 0.480 e. The van der Waals surface area contributed by atoms with Crippen LogP contribution < -0.4 is 10.9 Å². The van der Waals surface area contributed by atoms with Crippen LogP contribution in [0.5, 0.6) is 0 Å². The van der Waals surface area contributed by atoms with Crippen molar-refractivity contribution in [3.63, 3.8) is 0 Å². The number of carbonyl (C=O) groups is 2. The standard InChI is InChI=1S/C18H23N5O4/c1-3-12-6-8-18(9-7-12,17(26)27)20-16(25)13-10-19-23(11(13)2)14-4-5-15(24)22-21-14/h4-5,10,12H,3,6-9H2,1-2H3,(H,20,25)(H,22,24)(H,26,27). The summed E-state index contributed by atoms with van der Waals surface area (Å²) < 4.78 is 1.42. The SMILES string of the molecule is CCC1CCC(NC(=O)c2cnn(-c3ccc(=O)[nH]n3)c2C)(C(=O)O)CC1. The molecule has 1 fully saturated rings. The Morgan fingerprint density at radius 2 is 2.07 bits per heavy atom. The van der Waals surface area contributed by atoms with Crippen LogP contribution in [0.1, 0.15) is 55.1 Å². The van der Waals surface area contributed by atoms with E-state index < -0.39 is 17.4 Å². The van der Waals surface area contributed by atoms with Crippen molar-refractivity contribution >= 4 is 11.9 Å². The average molecular weight is 373 g/mol. The molecular formula is C18H23N5O4. The quantitative estimate of drug-likeness (QED) is 0.727. The first-order valence-corrected chi connectivity index (χ1v) is 9.03. The Kier molecular flexibility index (Phi) is 5.11. The number of carboxylic acid groups (broad SMARTS) is 1. The molecule has 0 radical (unpaired) electrons. The van der Waals surface area contributed by atoms with Gasteiger partial charge in [0.2, 0.25) is 0 Å². The van der Waals surface area contributed by atoms with Crippen LogP contribution in [0.15, 0.2) is 23.1 Å². The van der Waals surface area contributed by atoms with Crippen molar-refractivity contribution in [3.05, 3.63) is 39.9 Å². The van der Waals surface area contributed by atoms with Crippen molar-refractivity contribution in [2.45, 2.75) is 51.5 Å². The van der Waals surface area contributed by atoms with Crippen molar-refractivity contribution in [3.8, 4) is 5.82 Å². The van der Waals surface area contributed by atoms with Gasteiger partial charge in [0.05, 0.1) is 17.5 Å². The minimum absolute atomic E-state index is 0.279. The minimum atomic E-state index is -1.24. The first-order valence-electron chi connectivity index (χ1n) is 9.03. The van der Waals surface area contributed by atoms with E-state index in [2.05, 4.69) is 27.5 Å². The fourth-order valence-electron chi connectivity index (χ4n) is 3.57. The molecule has 2 aromatic rings. The lowest BCUT2D eigenvalue weighted by Crippen LogP contribution is -2.56. The second-order valence-electron chi connectivity index (χ2n) is 7.03. The van der Waals surface area contributed by atoms with Crippen molar-refractivity contribution < 1.29 is 14.7 Å². The van der Waals surface area contributed by atoms with Gasteiger partial charge in [-0.2, -0.15) is 10.2 Å². The molecule has 1 amide bonds. The van der Waals surface area contributed by atoms with E-state index >= 15 is 0 Å². The highest BCUT2D eigenvalue weighted by atomic mass is 16.4. The lowest BCUT2D eigenvalue weighted by atomic mass is 9.75. The molecule has 0 aliphatic heterocycles. The zero-order chi connectivity index (χ0) is 19.6. The Labute approximate surface area is 155 Å². The van der Waals surface area contributed by atoms with Crippen LogP contribution in [0.3, 0.4) is 0 Å². The number of nitrogens with one attached hydrogen (secondary N) is 2. The van der Waals surface area contributed by atoms with Gasteiger partial charge in [-0.15, -0.1) is 0 Å². The number of aliphatic carboxylic acids is 1. The Balaban J connectivity index is 1.82. The van der Waals surface area contributed by atoms with E-state index in [0.29, 0.717) is 30.3 Å². The van der Waals surface area contributed by atoms with E-state index in [4.69, 9.17) is 0 Å². The topological polar surface area (TPSA) is 130 Å². The third kappa shape index (κ3) is 3.62. The first-order chi connectivity index (χ1) is 12.9. The van der Waals surface area contributed by atoms with Gasteiger partial charge >= 0.3 is 5.97 Å². The maximum atomic E-state index is 12.8. The molecule has 0 aromatic carbocycles. The number of hydrogen-bond donors (Lipinski definition) is 3. The lowest BCUT2D eigenvalue weighted by Gasteiger charge is -2.37. The highest BCUT2D eigenvalue weighted by Crippen LogP contribution is 2.34. The molecule has 2 aromatic heterocycles. The predicted molar refractivity (Wildman–Crippen MR) is 96.8 cm³/mol. The number of aromatic nitrogens is 4. The summed E-state index contributed by atoms with van der Waals surface area (Å²) in [4.78, 5) is 35.8. The first kappa shape index (κ1) is 18.8. The highest BCUT2D eigenvalue weighted by molar-refractivity contribution is 5.98. The predicted octanol–water partition coefficient (Wildman–Crippen LogP) is 1.42. The van der Waals surface area contributed by atoms with Gasteiger partial charge in [0.15, 0.2) is 5.82 Å². The number of carbonyl (C=O) groups excluding carboxylic acids is 1. The third-order valence-electron chi connectivity index (χ3n) is 5.43. The Morgan fingerprint density at radius 3 is 2.63 bits per heavy atom. The van der Waals surface area contributed by atoms with E-state index in [1.54, 1.807) is 6.92 Å². The van der Waals surface area contributed by atoms with Gasteiger partial charge in [-0.3, -0.25) is 9.59 Å². The van der Waals surface area contributed by atoms with Crippen LogP contribution in [0.2, 0.25) is 0 Å². The van der Waals surface area contributed by atoms with Crippen LogP contribution in [-0.2, 0) is 4.79 Å². The van der Waals surface area contributed by atoms with Gasteiger partial charge in [-0.1, -0.05) is 13.3 Å². The molecule has 27 heavy (non-hydrogen) atoms. The summed E-state index contributed by atoms with van der Waals surface area (Å²) >= 11 is 0. The van der Waals surface area contributed by atoms with Crippen molar-refractivity contribution in [1.29, 1.82) is 0 Å². The summed E-state index contributed by atoms with van der Waals surface area (Å²) in [5.41, 5.74) is -0.795. The Bertz CT molecular complexity index is 888. The fraction of sp³-hybridized carbons (Fsp3) is 0.500. The van der Waals surface area contributed by atoms with Crippen LogP contribution in [0.25, 0.3) is 5.82 Å². The van der Waals surface area contributed by atoms with Crippen LogP contribution >= 0.6 is 0 Å². The number of amides is 1. The molecule has 1 saturated carbocycles. The van der Waals surface area contributed by atoms with Gasteiger partial charge in [0, 0.05) is 6.07 Å². The van der Waals surface area contributed by atoms with Crippen LogP contribution in [0.4, 0.5) is 0 Å². The van der Waals surface area contributed by atoms with E-state index in [9.17, 15) is 19.5 Å². The van der Waals surface area contributed by atoms with Gasteiger partial charge in [0.25, 0.3) is 11.5 Å². The number of H-pyrrole nitrogens is 1. The highest BCUT2D eigenvalue weighted by Gasteiger charge is 2.43. The fourth-order valence-corrected chi connectivity index (χ4v) is 3.57. The maximum absolute atomic E-state index is 12.8. The van der Waals surface area contributed by atoms with Gasteiger partial charge in [-0.25, -0.2) is 14.6 Å². The smallest absolute Gasteiger partial charge is 0.329 e. The Hall–Kier alpha value is -2.97. The number of hydrogen-bond acceptors (Lipinski definition) is 5.